The zero-order valence-corrected chi connectivity index (χ0v) is 10.7. The second-order valence-electron chi connectivity index (χ2n) is 2.34. The van der Waals surface area contributed by atoms with E-state index in [9.17, 15) is 13.2 Å². The number of carbonyl (C=O) groups excluding carboxylic acids is 1. The van der Waals surface area contributed by atoms with Crippen LogP contribution < -0.4 is 29.6 Å². The van der Waals surface area contributed by atoms with Crippen molar-refractivity contribution >= 4 is 16.2 Å². The first-order valence-electron chi connectivity index (χ1n) is 3.65. The molecule has 0 aliphatic carbocycles. The first-order valence-corrected chi connectivity index (χ1v) is 5.23. The second-order valence-corrected chi connectivity index (χ2v) is 4.03. The molecule has 13 heavy (non-hydrogen) atoms. The maximum absolute atomic E-state index is 10.8. The van der Waals surface area contributed by atoms with Crippen molar-refractivity contribution in [3.8, 4) is 0 Å². The number of carbonyl (C=O) groups is 1. The smallest absolute Gasteiger partial charge is 0.631 e. The molecule has 0 heterocycles. The van der Waals surface area contributed by atoms with Crippen molar-refractivity contribution in [3.63, 3.8) is 0 Å². The maximum Gasteiger partial charge on any atom is 1.00 e. The second kappa shape index (κ2) is 7.61. The van der Waals surface area contributed by atoms with Gasteiger partial charge in [-0.2, -0.15) is 8.42 Å². The van der Waals surface area contributed by atoms with Crippen molar-refractivity contribution in [2.75, 3.05) is 5.75 Å². The molecule has 0 aromatic carbocycles. The van der Waals surface area contributed by atoms with Crippen molar-refractivity contribution in [3.05, 3.63) is 5.73 Å². The minimum absolute atomic E-state index is 0. The van der Waals surface area contributed by atoms with Gasteiger partial charge in [0.05, 0.1) is 5.75 Å². The van der Waals surface area contributed by atoms with Gasteiger partial charge in [-0.15, -0.1) is 0 Å². The molecule has 0 spiro atoms. The molecule has 0 aromatic rings. The summed E-state index contributed by atoms with van der Waals surface area (Å²) in [7, 11) is -3.79. The van der Waals surface area contributed by atoms with Crippen molar-refractivity contribution < 1.29 is 47.0 Å². The Morgan fingerprint density at radius 2 is 1.92 bits per heavy atom. The Morgan fingerprint density at radius 3 is 2.31 bits per heavy atom. The fraction of sp³-hybridized carbons (Fsp3) is 0.833. The number of rotatable bonds is 5. The summed E-state index contributed by atoms with van der Waals surface area (Å²) in [6, 6.07) is 0. The van der Waals surface area contributed by atoms with Crippen molar-refractivity contribution in [1.82, 2.24) is 0 Å². The van der Waals surface area contributed by atoms with E-state index < -0.39 is 16.2 Å². The van der Waals surface area contributed by atoms with Crippen molar-refractivity contribution in [2.24, 2.45) is 0 Å². The fourth-order valence-electron chi connectivity index (χ4n) is 0.686. The molecule has 0 atom stereocenters. The minimum Gasteiger partial charge on any atom is -0.631 e. The molecule has 0 aliphatic heterocycles. The van der Waals surface area contributed by atoms with Crippen LogP contribution in [0.1, 0.15) is 26.2 Å². The molecule has 0 aliphatic rings. The summed E-state index contributed by atoms with van der Waals surface area (Å²) in [6.45, 7) is 1.93. The van der Waals surface area contributed by atoms with Crippen LogP contribution in [0.2, 0.25) is 0 Å². The topological polar surface area (TPSA) is 84.2 Å². The molecule has 1 amide bonds. The summed E-state index contributed by atoms with van der Waals surface area (Å²) in [5, 5.41) is 0. The Morgan fingerprint density at radius 1 is 1.38 bits per heavy atom. The number of hydrogen-bond acceptors (Lipinski definition) is 4. The SMILES string of the molecule is CCCCCS(=O)(=O)OC([NH-])=O.[Na+]. The van der Waals surface area contributed by atoms with E-state index in [0.29, 0.717) is 6.42 Å². The minimum atomic E-state index is -3.79. The Balaban J connectivity index is 0. The summed E-state index contributed by atoms with van der Waals surface area (Å²) in [6.07, 6.45) is 0.608. The van der Waals surface area contributed by atoms with Crippen LogP contribution in [0.25, 0.3) is 5.73 Å². The van der Waals surface area contributed by atoms with E-state index in [1.807, 2.05) is 6.92 Å². The van der Waals surface area contributed by atoms with Crippen LogP contribution in [0.15, 0.2) is 0 Å². The van der Waals surface area contributed by atoms with Crippen LogP contribution in [0.5, 0.6) is 0 Å². The molecule has 72 valence electrons. The molecular formula is C6H12NNaO4S. The summed E-state index contributed by atoms with van der Waals surface area (Å²) in [5.41, 5.74) is 6.27. The van der Waals surface area contributed by atoms with Crippen molar-refractivity contribution in [1.29, 1.82) is 0 Å². The number of amides is 1. The van der Waals surface area contributed by atoms with E-state index in [-0.39, 0.29) is 35.3 Å². The van der Waals surface area contributed by atoms with Crippen LogP contribution in [0, 0.1) is 0 Å². The number of hydrogen-bond donors (Lipinski definition) is 0. The maximum atomic E-state index is 10.8. The Bertz CT molecular complexity index is 239. The summed E-state index contributed by atoms with van der Waals surface area (Å²) >= 11 is 0. The van der Waals surface area contributed by atoms with Gasteiger partial charge in [0.25, 0.3) is 0 Å². The molecule has 0 saturated heterocycles. The van der Waals surface area contributed by atoms with Gasteiger partial charge < -0.3 is 9.92 Å². The third-order valence-corrected chi connectivity index (χ3v) is 2.39. The quantitative estimate of drug-likeness (QED) is 0.325. The average Bonchev–Trinajstić information content (AvgIpc) is 1.84. The van der Waals surface area contributed by atoms with Gasteiger partial charge in [-0.05, 0) is 6.42 Å². The molecule has 1 N–H and O–H groups in total. The van der Waals surface area contributed by atoms with Crippen LogP contribution in [0.3, 0.4) is 0 Å². The van der Waals surface area contributed by atoms with Gasteiger partial charge in [0, 0.05) is 0 Å². The standard InChI is InChI=1S/C6H13NO4S.Na/c1-2-3-4-5-12(9,10)11-6(7)8;/h2-5H2,1H3,(H2,7,8);/q;+1/p-1. The predicted octanol–water partition coefficient (Wildman–Crippen LogP) is -1.30. The molecule has 0 rings (SSSR count). The third kappa shape index (κ3) is 10.1. The Labute approximate surface area is 100 Å². The van der Waals surface area contributed by atoms with Gasteiger partial charge in [-0.1, -0.05) is 19.8 Å². The monoisotopic (exact) mass is 217 g/mol. The zero-order valence-electron chi connectivity index (χ0n) is 7.87. The normalized spacial score (nSPS) is 10.2. The molecule has 0 fully saturated rings. The van der Waals surface area contributed by atoms with E-state index in [4.69, 9.17) is 5.73 Å². The molecule has 7 heteroatoms. The van der Waals surface area contributed by atoms with E-state index in [2.05, 4.69) is 4.18 Å². The van der Waals surface area contributed by atoms with E-state index >= 15 is 0 Å². The van der Waals surface area contributed by atoms with Gasteiger partial charge in [0.1, 0.15) is 0 Å². The van der Waals surface area contributed by atoms with Crippen LogP contribution in [-0.2, 0) is 14.3 Å². The fourth-order valence-corrected chi connectivity index (χ4v) is 1.56. The Kier molecular flexibility index (Phi) is 9.18. The van der Waals surface area contributed by atoms with Gasteiger partial charge >= 0.3 is 39.7 Å². The van der Waals surface area contributed by atoms with Crippen LogP contribution in [-0.4, -0.2) is 20.3 Å². The molecule has 0 saturated carbocycles. The van der Waals surface area contributed by atoms with E-state index in [1.54, 1.807) is 0 Å². The van der Waals surface area contributed by atoms with Gasteiger partial charge in [0.2, 0.25) is 6.09 Å². The molecule has 0 bridgehead atoms. The predicted molar refractivity (Wildman–Crippen MR) is 44.1 cm³/mol. The molecule has 5 nitrogen and oxygen atoms in total. The Hall–Kier alpha value is 0.220. The van der Waals surface area contributed by atoms with Gasteiger partial charge in [-0.3, -0.25) is 4.79 Å². The van der Waals surface area contributed by atoms with E-state index in [0.717, 1.165) is 12.8 Å². The van der Waals surface area contributed by atoms with Crippen molar-refractivity contribution in [2.45, 2.75) is 26.2 Å². The average molecular weight is 217 g/mol. The molecule has 0 aromatic heterocycles. The molecular weight excluding hydrogens is 205 g/mol. The van der Waals surface area contributed by atoms with Gasteiger partial charge in [-0.25, -0.2) is 0 Å². The van der Waals surface area contributed by atoms with E-state index in [1.165, 1.54) is 0 Å². The zero-order chi connectivity index (χ0) is 9.61. The summed E-state index contributed by atoms with van der Waals surface area (Å²) in [4.78, 5) is 9.96. The van der Waals surface area contributed by atoms with Crippen LogP contribution in [0.4, 0.5) is 4.79 Å². The number of nitrogens with one attached hydrogen (secondary N) is 1. The summed E-state index contributed by atoms with van der Waals surface area (Å²) in [5.74, 6) is -0.189. The third-order valence-electron chi connectivity index (χ3n) is 1.20. The first kappa shape index (κ1) is 15.7. The first-order chi connectivity index (χ1) is 5.48. The largest absolute Gasteiger partial charge is 1.00 e. The molecule has 0 radical (unpaired) electrons. The van der Waals surface area contributed by atoms with Crippen LogP contribution >= 0.6 is 0 Å². The van der Waals surface area contributed by atoms with Gasteiger partial charge in [0.15, 0.2) is 0 Å². The summed E-state index contributed by atoms with van der Waals surface area (Å²) < 4.78 is 25.3. The molecule has 0 unspecified atom stereocenters. The number of unbranched alkanes of at least 4 members (excludes halogenated alkanes) is 2.